The Morgan fingerprint density at radius 2 is 1.58 bits per heavy atom. The summed E-state index contributed by atoms with van der Waals surface area (Å²) in [4.78, 5) is 26.3. The van der Waals surface area contributed by atoms with Crippen LogP contribution in [-0.4, -0.2) is 16.8 Å². The molecule has 0 saturated carbocycles. The van der Waals surface area contributed by atoms with Crippen molar-refractivity contribution in [1.82, 2.24) is 10.2 Å². The van der Waals surface area contributed by atoms with Crippen LogP contribution in [0.3, 0.4) is 0 Å². The number of hydrogen-bond acceptors (Lipinski definition) is 3. The molecule has 0 spiro atoms. The van der Waals surface area contributed by atoms with Gasteiger partial charge in [0.15, 0.2) is 5.75 Å². The van der Waals surface area contributed by atoms with Crippen molar-refractivity contribution in [2.24, 2.45) is 0 Å². The maximum absolute atomic E-state index is 12.8. The van der Waals surface area contributed by atoms with Gasteiger partial charge in [0.2, 0.25) is 0 Å². The SMILES string of the molecule is Cc1ccc(CN2C(=O)N/C(=C/c3cc(Cl)c(OCc4ccc(I)cc4)c(Cl)c3)C2=O)cc1. The van der Waals surface area contributed by atoms with Gasteiger partial charge in [0.1, 0.15) is 12.3 Å². The molecule has 8 heteroatoms. The molecule has 0 bridgehead atoms. The molecule has 33 heavy (non-hydrogen) atoms. The highest BCUT2D eigenvalue weighted by atomic mass is 127. The number of carbonyl (C=O) groups excluding carboxylic acids is 2. The predicted molar refractivity (Wildman–Crippen MR) is 138 cm³/mol. The zero-order valence-corrected chi connectivity index (χ0v) is 21.2. The Bertz CT molecular complexity index is 1220. The predicted octanol–water partition coefficient (Wildman–Crippen LogP) is 6.58. The summed E-state index contributed by atoms with van der Waals surface area (Å²) in [5, 5.41) is 3.25. The summed E-state index contributed by atoms with van der Waals surface area (Å²) < 4.78 is 6.95. The molecule has 0 atom stereocenters. The first kappa shape index (κ1) is 23.6. The van der Waals surface area contributed by atoms with Crippen molar-refractivity contribution in [2.45, 2.75) is 20.1 Å². The fourth-order valence-electron chi connectivity index (χ4n) is 3.29. The Morgan fingerprint density at radius 3 is 2.21 bits per heavy atom. The number of carbonyl (C=O) groups is 2. The average Bonchev–Trinajstić information content (AvgIpc) is 3.03. The van der Waals surface area contributed by atoms with E-state index in [1.807, 2.05) is 55.5 Å². The Kier molecular flexibility index (Phi) is 7.26. The van der Waals surface area contributed by atoms with Crippen LogP contribution in [0.2, 0.25) is 10.0 Å². The van der Waals surface area contributed by atoms with Crippen molar-refractivity contribution in [3.8, 4) is 5.75 Å². The second-order valence-corrected chi connectivity index (χ2v) is 9.65. The first-order valence-corrected chi connectivity index (χ1v) is 11.9. The van der Waals surface area contributed by atoms with Crippen molar-refractivity contribution in [3.63, 3.8) is 0 Å². The first-order valence-electron chi connectivity index (χ1n) is 10.1. The molecule has 5 nitrogen and oxygen atoms in total. The highest BCUT2D eigenvalue weighted by Gasteiger charge is 2.33. The van der Waals surface area contributed by atoms with Gasteiger partial charge in [-0.1, -0.05) is 65.2 Å². The fourth-order valence-corrected chi connectivity index (χ4v) is 4.27. The highest BCUT2D eigenvalue weighted by molar-refractivity contribution is 14.1. The van der Waals surface area contributed by atoms with E-state index in [-0.39, 0.29) is 12.2 Å². The minimum atomic E-state index is -0.471. The summed E-state index contributed by atoms with van der Waals surface area (Å²) in [6.45, 7) is 2.49. The number of nitrogens with one attached hydrogen (secondary N) is 1. The number of aryl methyl sites for hydroxylation is 1. The third-order valence-electron chi connectivity index (χ3n) is 5.05. The molecule has 4 rings (SSSR count). The van der Waals surface area contributed by atoms with Crippen LogP contribution in [0.1, 0.15) is 22.3 Å². The molecule has 168 valence electrons. The zero-order valence-electron chi connectivity index (χ0n) is 17.6. The molecule has 1 aliphatic heterocycles. The Hall–Kier alpha value is -2.55. The van der Waals surface area contributed by atoms with Crippen molar-refractivity contribution in [1.29, 1.82) is 0 Å². The van der Waals surface area contributed by atoms with E-state index < -0.39 is 11.9 Å². The van der Waals surface area contributed by atoms with Crippen molar-refractivity contribution < 1.29 is 14.3 Å². The molecule has 3 aromatic carbocycles. The molecule has 0 radical (unpaired) electrons. The molecule has 0 unspecified atom stereocenters. The number of halogens is 3. The van der Waals surface area contributed by atoms with Crippen LogP contribution in [0.4, 0.5) is 4.79 Å². The monoisotopic (exact) mass is 592 g/mol. The topological polar surface area (TPSA) is 58.6 Å². The van der Waals surface area contributed by atoms with E-state index in [1.165, 1.54) is 0 Å². The van der Waals surface area contributed by atoms with Crippen LogP contribution < -0.4 is 10.1 Å². The number of benzene rings is 3. The lowest BCUT2D eigenvalue weighted by molar-refractivity contribution is -0.123. The van der Waals surface area contributed by atoms with E-state index in [9.17, 15) is 9.59 Å². The van der Waals surface area contributed by atoms with E-state index in [0.717, 1.165) is 25.2 Å². The van der Waals surface area contributed by atoms with Crippen LogP contribution in [0.25, 0.3) is 6.08 Å². The van der Waals surface area contributed by atoms with Gasteiger partial charge in [0.25, 0.3) is 5.91 Å². The number of imide groups is 1. The third-order valence-corrected chi connectivity index (χ3v) is 6.33. The van der Waals surface area contributed by atoms with Gasteiger partial charge in [-0.25, -0.2) is 4.79 Å². The van der Waals surface area contributed by atoms with Gasteiger partial charge in [-0.3, -0.25) is 9.69 Å². The molecule has 1 heterocycles. The third kappa shape index (κ3) is 5.69. The molecule has 3 aromatic rings. The van der Waals surface area contributed by atoms with Crippen LogP contribution in [-0.2, 0) is 17.9 Å². The minimum Gasteiger partial charge on any atom is -0.486 e. The van der Waals surface area contributed by atoms with Gasteiger partial charge < -0.3 is 10.1 Å². The smallest absolute Gasteiger partial charge is 0.329 e. The molecule has 0 aromatic heterocycles. The van der Waals surface area contributed by atoms with E-state index in [2.05, 4.69) is 27.9 Å². The summed E-state index contributed by atoms with van der Waals surface area (Å²) in [6, 6.07) is 18.4. The quantitative estimate of drug-likeness (QED) is 0.200. The Labute approximate surface area is 215 Å². The van der Waals surface area contributed by atoms with E-state index in [1.54, 1.807) is 18.2 Å². The zero-order chi connectivity index (χ0) is 23.5. The molecular weight excluding hydrogens is 574 g/mol. The fraction of sp³-hybridized carbons (Fsp3) is 0.120. The molecule has 1 fully saturated rings. The van der Waals surface area contributed by atoms with Crippen LogP contribution in [0.15, 0.2) is 66.4 Å². The molecule has 1 N–H and O–H groups in total. The molecule has 1 aliphatic rings. The van der Waals surface area contributed by atoms with Gasteiger partial charge in [-0.05, 0) is 76.5 Å². The van der Waals surface area contributed by atoms with Crippen molar-refractivity contribution >= 4 is 63.8 Å². The van der Waals surface area contributed by atoms with Crippen LogP contribution >= 0.6 is 45.8 Å². The lowest BCUT2D eigenvalue weighted by atomic mass is 10.1. The van der Waals surface area contributed by atoms with Crippen LogP contribution in [0.5, 0.6) is 5.75 Å². The van der Waals surface area contributed by atoms with E-state index in [4.69, 9.17) is 27.9 Å². The maximum Gasteiger partial charge on any atom is 0.329 e. The van der Waals surface area contributed by atoms with Crippen LogP contribution in [0, 0.1) is 10.5 Å². The molecular formula is C25H19Cl2IN2O3. The lowest BCUT2D eigenvalue weighted by Crippen LogP contribution is -2.30. The normalized spacial score (nSPS) is 14.7. The molecule has 3 amide bonds. The van der Waals surface area contributed by atoms with Crippen molar-refractivity contribution in [2.75, 3.05) is 0 Å². The standard InChI is InChI=1S/C25H19Cl2IN2O3/c1-15-2-4-16(5-3-15)13-30-24(31)22(29-25(30)32)12-18-10-20(26)23(21(27)11-18)33-14-17-6-8-19(28)9-7-17/h2-12H,13-14H2,1H3,(H,29,32)/b22-12+. The second kappa shape index (κ2) is 10.2. The van der Waals surface area contributed by atoms with Gasteiger partial charge in [-0.2, -0.15) is 0 Å². The maximum atomic E-state index is 12.8. The van der Waals surface area contributed by atoms with Gasteiger partial charge in [-0.15, -0.1) is 0 Å². The lowest BCUT2D eigenvalue weighted by Gasteiger charge is -2.12. The Morgan fingerprint density at radius 1 is 0.970 bits per heavy atom. The Balaban J connectivity index is 1.49. The summed E-state index contributed by atoms with van der Waals surface area (Å²) in [5.74, 6) is -0.0475. The number of rotatable bonds is 6. The first-order chi connectivity index (χ1) is 15.8. The summed E-state index contributed by atoms with van der Waals surface area (Å²) in [5.41, 5.74) is 3.70. The number of urea groups is 1. The number of hydrogen-bond donors (Lipinski definition) is 1. The van der Waals surface area contributed by atoms with Gasteiger partial charge in [0.05, 0.1) is 16.6 Å². The number of ether oxygens (including phenoxy) is 1. The number of nitrogens with zero attached hydrogens (tertiary/aromatic N) is 1. The molecule has 0 aliphatic carbocycles. The minimum absolute atomic E-state index is 0.159. The largest absolute Gasteiger partial charge is 0.486 e. The molecule has 1 saturated heterocycles. The van der Waals surface area contributed by atoms with Gasteiger partial charge >= 0.3 is 6.03 Å². The summed E-state index contributed by atoms with van der Waals surface area (Å²) in [6.07, 6.45) is 1.55. The highest BCUT2D eigenvalue weighted by Crippen LogP contribution is 2.35. The van der Waals surface area contributed by atoms with Gasteiger partial charge in [0, 0.05) is 3.57 Å². The summed E-state index contributed by atoms with van der Waals surface area (Å²) >= 11 is 15.0. The second-order valence-electron chi connectivity index (χ2n) is 7.59. The van der Waals surface area contributed by atoms with E-state index in [0.29, 0.717) is 28.0 Å². The number of amides is 3. The van der Waals surface area contributed by atoms with E-state index >= 15 is 0 Å². The average molecular weight is 593 g/mol. The van der Waals surface area contributed by atoms with Crippen molar-refractivity contribution in [3.05, 3.63) is 102 Å². The summed E-state index contributed by atoms with van der Waals surface area (Å²) in [7, 11) is 0.